The number of carbonyl (C=O) groups is 1. The van der Waals surface area contributed by atoms with Crippen molar-refractivity contribution in [2.45, 2.75) is 12.8 Å². The lowest BCUT2D eigenvalue weighted by Gasteiger charge is -2.28. The van der Waals surface area contributed by atoms with Gasteiger partial charge in [0, 0.05) is 13.1 Å². The fourth-order valence-electron chi connectivity index (χ4n) is 3.74. The number of nitrogens with zero attached hydrogens (tertiary/aromatic N) is 2. The van der Waals surface area contributed by atoms with E-state index in [-0.39, 0.29) is 16.6 Å². The summed E-state index contributed by atoms with van der Waals surface area (Å²) in [5, 5.41) is 12.2. The third-order valence-electron chi connectivity index (χ3n) is 5.26. The van der Waals surface area contributed by atoms with Gasteiger partial charge in [0.2, 0.25) is 5.69 Å². The number of thiophene rings is 1. The Balaban J connectivity index is 1.82. The Kier molecular flexibility index (Phi) is 5.22. The molecule has 1 atom stereocenters. The van der Waals surface area contributed by atoms with Gasteiger partial charge in [-0.15, -0.1) is 11.3 Å². The molecule has 0 aliphatic carbocycles. The van der Waals surface area contributed by atoms with Crippen molar-refractivity contribution < 1.29 is 19.0 Å². The maximum absolute atomic E-state index is 13.5. The van der Waals surface area contributed by atoms with Crippen molar-refractivity contribution in [2.75, 3.05) is 31.2 Å². The van der Waals surface area contributed by atoms with Crippen LogP contribution < -0.4 is 4.90 Å². The first-order valence-electron chi connectivity index (χ1n) is 9.29. The summed E-state index contributed by atoms with van der Waals surface area (Å²) in [6, 6.07) is 10.2. The van der Waals surface area contributed by atoms with E-state index in [9.17, 15) is 14.3 Å². The average molecular weight is 410 g/mol. The molecular weight excluding hydrogens is 391 g/mol. The number of hydrogen-bond donors (Lipinski definition) is 1. The van der Waals surface area contributed by atoms with Gasteiger partial charge in [-0.25, -0.2) is 14.0 Å². The molecule has 1 saturated heterocycles. The Morgan fingerprint density at radius 2 is 1.93 bits per heavy atom. The van der Waals surface area contributed by atoms with Crippen LogP contribution in [0.25, 0.3) is 15.6 Å². The Morgan fingerprint density at radius 3 is 2.62 bits per heavy atom. The maximum Gasteiger partial charge on any atom is 0.344 e. The predicted octanol–water partition coefficient (Wildman–Crippen LogP) is 5.28. The molecule has 0 amide bonds. The van der Waals surface area contributed by atoms with Crippen LogP contribution in [0.4, 0.5) is 15.1 Å². The Hall–Kier alpha value is -2.95. The highest BCUT2D eigenvalue weighted by Crippen LogP contribution is 2.48. The van der Waals surface area contributed by atoms with Gasteiger partial charge in [-0.05, 0) is 39.9 Å². The third kappa shape index (κ3) is 3.57. The topological polar surface area (TPSA) is 54.1 Å². The highest BCUT2D eigenvalue weighted by atomic mass is 32.1. The summed E-state index contributed by atoms with van der Waals surface area (Å²) in [5.74, 6) is -1.61. The lowest BCUT2D eigenvalue weighted by molar-refractivity contribution is 0.0701. The van der Waals surface area contributed by atoms with Crippen LogP contribution in [0, 0.1) is 12.4 Å². The normalized spacial score (nSPS) is 15.3. The van der Waals surface area contributed by atoms with Crippen molar-refractivity contribution >= 4 is 38.8 Å². The van der Waals surface area contributed by atoms with Crippen LogP contribution in [0.15, 0.2) is 36.4 Å². The second kappa shape index (κ2) is 7.82. The number of aromatic carboxylic acids is 1. The summed E-state index contributed by atoms with van der Waals surface area (Å²) in [5.41, 5.74) is 1.84. The first-order valence-corrected chi connectivity index (χ1v) is 10.1. The second-order valence-electron chi connectivity index (χ2n) is 6.99. The standard InChI is InChI=1S/C22H19FN2O3S/c1-13(14-3-4-16-12-17(23)6-5-15(16)11-14)18-19(24-2)21(29-20(18)22(26)27)25-7-9-28-10-8-25/h3-6,11-13H,7-10H2,1H3,(H,26,27). The molecule has 2 aromatic carbocycles. The number of fused-ring (bicyclic) bond motifs is 1. The summed E-state index contributed by atoms with van der Waals surface area (Å²) in [6.07, 6.45) is 0. The summed E-state index contributed by atoms with van der Waals surface area (Å²) in [4.78, 5) is 18.0. The molecule has 148 valence electrons. The predicted molar refractivity (Wildman–Crippen MR) is 112 cm³/mol. The van der Waals surface area contributed by atoms with Gasteiger partial charge < -0.3 is 14.7 Å². The molecule has 5 nitrogen and oxygen atoms in total. The van der Waals surface area contributed by atoms with Crippen LogP contribution in [0.2, 0.25) is 0 Å². The van der Waals surface area contributed by atoms with Crippen molar-refractivity contribution in [2.24, 2.45) is 0 Å². The van der Waals surface area contributed by atoms with Crippen molar-refractivity contribution in [3.05, 3.63) is 69.6 Å². The molecule has 1 fully saturated rings. The summed E-state index contributed by atoms with van der Waals surface area (Å²) >= 11 is 1.16. The molecule has 0 bridgehead atoms. The molecule has 0 spiro atoms. The minimum absolute atomic E-state index is 0.198. The quantitative estimate of drug-likeness (QED) is 0.595. The molecular formula is C22H19FN2O3S. The van der Waals surface area contributed by atoms with Gasteiger partial charge >= 0.3 is 5.97 Å². The lowest BCUT2D eigenvalue weighted by atomic mass is 9.90. The zero-order valence-corrected chi connectivity index (χ0v) is 16.6. The van der Waals surface area contributed by atoms with Crippen LogP contribution in [0.5, 0.6) is 0 Å². The minimum Gasteiger partial charge on any atom is -0.477 e. The Labute approximate surface area is 171 Å². The minimum atomic E-state index is -1.02. The fraction of sp³-hybridized carbons (Fsp3) is 0.273. The molecule has 4 rings (SSSR count). The van der Waals surface area contributed by atoms with E-state index >= 15 is 0 Å². The highest BCUT2D eigenvalue weighted by Gasteiger charge is 2.30. The van der Waals surface area contributed by atoms with Crippen LogP contribution in [0.1, 0.15) is 33.6 Å². The number of carboxylic acids is 1. The number of carboxylic acid groups (broad SMARTS) is 1. The van der Waals surface area contributed by atoms with Crippen LogP contribution in [-0.2, 0) is 4.74 Å². The molecule has 1 aliphatic rings. The number of anilines is 1. The molecule has 7 heteroatoms. The zero-order chi connectivity index (χ0) is 20.5. The number of ether oxygens (including phenoxy) is 1. The third-order valence-corrected chi connectivity index (χ3v) is 6.51. The van der Waals surface area contributed by atoms with Gasteiger partial charge in [-0.2, -0.15) is 0 Å². The van der Waals surface area contributed by atoms with Gasteiger partial charge in [0.05, 0.1) is 24.8 Å². The molecule has 1 aromatic heterocycles. The first-order chi connectivity index (χ1) is 14.0. The Morgan fingerprint density at radius 1 is 1.24 bits per heavy atom. The maximum atomic E-state index is 13.5. The number of benzene rings is 2. The number of rotatable bonds is 4. The summed E-state index contributed by atoms with van der Waals surface area (Å²) < 4.78 is 18.9. The Bertz CT molecular complexity index is 1130. The molecule has 2 heterocycles. The van der Waals surface area contributed by atoms with Crippen molar-refractivity contribution in [1.82, 2.24) is 0 Å². The lowest BCUT2D eigenvalue weighted by Crippen LogP contribution is -2.35. The first kappa shape index (κ1) is 19.4. The monoisotopic (exact) mass is 410 g/mol. The molecule has 0 radical (unpaired) electrons. The largest absolute Gasteiger partial charge is 0.477 e. The molecule has 3 aromatic rings. The van der Waals surface area contributed by atoms with E-state index < -0.39 is 5.97 Å². The van der Waals surface area contributed by atoms with E-state index in [0.29, 0.717) is 42.6 Å². The highest BCUT2D eigenvalue weighted by molar-refractivity contribution is 7.18. The smallest absolute Gasteiger partial charge is 0.344 e. The van der Waals surface area contributed by atoms with E-state index in [4.69, 9.17) is 11.3 Å². The van der Waals surface area contributed by atoms with Crippen molar-refractivity contribution in [3.8, 4) is 0 Å². The van der Waals surface area contributed by atoms with Crippen LogP contribution >= 0.6 is 11.3 Å². The fourth-order valence-corrected chi connectivity index (χ4v) is 4.97. The SMILES string of the molecule is [C-]#[N+]c1c(N2CCOCC2)sc(C(=O)O)c1C(C)c1ccc2cc(F)ccc2c1. The van der Waals surface area contributed by atoms with Gasteiger partial charge in [0.25, 0.3) is 0 Å². The van der Waals surface area contributed by atoms with Gasteiger partial charge in [0.15, 0.2) is 0 Å². The van der Waals surface area contributed by atoms with Crippen molar-refractivity contribution in [3.63, 3.8) is 0 Å². The van der Waals surface area contributed by atoms with Crippen molar-refractivity contribution in [1.29, 1.82) is 0 Å². The molecule has 0 saturated carbocycles. The van der Waals surface area contributed by atoms with Crippen LogP contribution in [0.3, 0.4) is 0 Å². The second-order valence-corrected chi connectivity index (χ2v) is 7.99. The average Bonchev–Trinajstić information content (AvgIpc) is 3.13. The van der Waals surface area contributed by atoms with E-state index in [1.807, 2.05) is 30.0 Å². The number of halogens is 1. The van der Waals surface area contributed by atoms with Gasteiger partial charge in [-0.1, -0.05) is 31.2 Å². The van der Waals surface area contributed by atoms with E-state index in [1.54, 1.807) is 6.07 Å². The summed E-state index contributed by atoms with van der Waals surface area (Å²) in [6.45, 7) is 12.1. The molecule has 1 aliphatic heterocycles. The van der Waals surface area contributed by atoms with Gasteiger partial charge in [0.1, 0.15) is 10.7 Å². The molecule has 29 heavy (non-hydrogen) atoms. The van der Waals surface area contributed by atoms with E-state index in [1.165, 1.54) is 12.1 Å². The van der Waals surface area contributed by atoms with E-state index in [0.717, 1.165) is 27.7 Å². The van der Waals surface area contributed by atoms with Gasteiger partial charge in [-0.3, -0.25) is 0 Å². The zero-order valence-electron chi connectivity index (χ0n) is 15.8. The summed E-state index contributed by atoms with van der Waals surface area (Å²) in [7, 11) is 0. The number of hydrogen-bond acceptors (Lipinski definition) is 4. The van der Waals surface area contributed by atoms with E-state index in [2.05, 4.69) is 4.85 Å². The number of morpholine rings is 1. The van der Waals surface area contributed by atoms with Crippen LogP contribution in [-0.4, -0.2) is 37.4 Å². The molecule has 1 N–H and O–H groups in total. The molecule has 1 unspecified atom stereocenters.